The molecule has 2 aliphatic rings. The van der Waals surface area contributed by atoms with Gasteiger partial charge in [-0.2, -0.15) is 0 Å². The van der Waals surface area contributed by atoms with Crippen LogP contribution in [0.4, 0.5) is 0 Å². The van der Waals surface area contributed by atoms with Crippen molar-refractivity contribution in [2.75, 3.05) is 6.79 Å². The van der Waals surface area contributed by atoms with Crippen LogP contribution in [0.25, 0.3) is 0 Å². The number of carbonyl (C=O) groups is 2. The van der Waals surface area contributed by atoms with E-state index < -0.39 is 0 Å². The number of benzene rings is 1. The van der Waals surface area contributed by atoms with Crippen molar-refractivity contribution in [1.82, 2.24) is 10.6 Å². The van der Waals surface area contributed by atoms with Gasteiger partial charge in [0.15, 0.2) is 11.5 Å². The third-order valence-electron chi connectivity index (χ3n) is 4.38. The van der Waals surface area contributed by atoms with E-state index in [1.54, 1.807) is 18.4 Å². The van der Waals surface area contributed by atoms with E-state index >= 15 is 0 Å². The molecule has 7 nitrogen and oxygen atoms in total. The van der Waals surface area contributed by atoms with Gasteiger partial charge in [0, 0.05) is 6.54 Å². The van der Waals surface area contributed by atoms with Crippen molar-refractivity contribution in [3.05, 3.63) is 47.9 Å². The summed E-state index contributed by atoms with van der Waals surface area (Å²) in [7, 11) is 0. The van der Waals surface area contributed by atoms with Crippen LogP contribution in [0, 0.1) is 11.8 Å². The molecule has 130 valence electrons. The quantitative estimate of drug-likeness (QED) is 0.832. The number of amides is 2. The van der Waals surface area contributed by atoms with E-state index in [-0.39, 0.29) is 30.4 Å². The first-order chi connectivity index (χ1) is 12.2. The minimum absolute atomic E-state index is 0.101. The van der Waals surface area contributed by atoms with Crippen LogP contribution in [-0.4, -0.2) is 18.6 Å². The van der Waals surface area contributed by atoms with E-state index in [4.69, 9.17) is 13.9 Å². The summed E-state index contributed by atoms with van der Waals surface area (Å²) in [5.41, 5.74) is 0.928. The van der Waals surface area contributed by atoms with Gasteiger partial charge in [-0.25, -0.2) is 0 Å². The normalized spacial score (nSPS) is 20.2. The lowest BCUT2D eigenvalue weighted by Crippen LogP contribution is -2.29. The highest BCUT2D eigenvalue weighted by molar-refractivity contribution is 5.92. The lowest BCUT2D eigenvalue weighted by Gasteiger charge is -2.06. The van der Waals surface area contributed by atoms with Gasteiger partial charge in [-0.1, -0.05) is 6.07 Å². The average molecular weight is 342 g/mol. The fourth-order valence-corrected chi connectivity index (χ4v) is 2.86. The first-order valence-electron chi connectivity index (χ1n) is 8.17. The summed E-state index contributed by atoms with van der Waals surface area (Å²) < 4.78 is 15.7. The maximum atomic E-state index is 12.2. The monoisotopic (exact) mass is 342 g/mol. The summed E-state index contributed by atoms with van der Waals surface area (Å²) in [4.78, 5) is 24.2. The van der Waals surface area contributed by atoms with Gasteiger partial charge in [-0.05, 0) is 36.2 Å². The highest BCUT2D eigenvalue weighted by Crippen LogP contribution is 2.39. The van der Waals surface area contributed by atoms with Crippen LogP contribution >= 0.6 is 0 Å². The van der Waals surface area contributed by atoms with E-state index in [0.717, 1.165) is 5.56 Å². The summed E-state index contributed by atoms with van der Waals surface area (Å²) in [6.07, 6.45) is 2.14. The Bertz CT molecular complexity index is 787. The van der Waals surface area contributed by atoms with E-state index in [1.807, 2.05) is 18.2 Å². The Morgan fingerprint density at radius 1 is 1.00 bits per heavy atom. The number of hydrogen-bond donors (Lipinski definition) is 2. The van der Waals surface area contributed by atoms with E-state index in [9.17, 15) is 9.59 Å². The molecule has 7 heteroatoms. The fraction of sp³-hybridized carbons (Fsp3) is 0.333. The van der Waals surface area contributed by atoms with Crippen molar-refractivity contribution in [2.24, 2.45) is 11.8 Å². The molecule has 2 unspecified atom stereocenters. The molecule has 0 bridgehead atoms. The van der Waals surface area contributed by atoms with Gasteiger partial charge in [0.2, 0.25) is 18.6 Å². The van der Waals surface area contributed by atoms with Crippen LogP contribution in [0.15, 0.2) is 41.0 Å². The topological polar surface area (TPSA) is 89.8 Å². The summed E-state index contributed by atoms with van der Waals surface area (Å²) >= 11 is 0. The molecular weight excluding hydrogens is 324 g/mol. The minimum atomic E-state index is -0.259. The van der Waals surface area contributed by atoms with Gasteiger partial charge in [-0.3, -0.25) is 9.59 Å². The second kappa shape index (κ2) is 6.51. The molecular formula is C18H18N2O5. The van der Waals surface area contributed by atoms with E-state index in [2.05, 4.69) is 10.6 Å². The molecule has 2 heterocycles. The highest BCUT2D eigenvalue weighted by atomic mass is 16.7. The number of furan rings is 1. The molecule has 1 aromatic heterocycles. The smallest absolute Gasteiger partial charge is 0.231 e. The second-order valence-corrected chi connectivity index (χ2v) is 6.15. The first kappa shape index (κ1) is 15.6. The zero-order chi connectivity index (χ0) is 17.2. The number of fused-ring (bicyclic) bond motifs is 1. The Labute approximate surface area is 144 Å². The molecule has 0 saturated heterocycles. The Balaban J connectivity index is 1.23. The van der Waals surface area contributed by atoms with Crippen LogP contribution in [0.2, 0.25) is 0 Å². The third-order valence-corrected chi connectivity index (χ3v) is 4.38. The first-order valence-corrected chi connectivity index (χ1v) is 8.17. The van der Waals surface area contributed by atoms with Gasteiger partial charge in [0.25, 0.3) is 0 Å². The number of rotatable bonds is 6. The molecule has 1 aromatic carbocycles. The lowest BCUT2D eigenvalue weighted by molar-refractivity contribution is -0.127. The third kappa shape index (κ3) is 3.45. The Kier molecular flexibility index (Phi) is 4.05. The zero-order valence-electron chi connectivity index (χ0n) is 13.5. The molecule has 25 heavy (non-hydrogen) atoms. The SMILES string of the molecule is O=C(NCc1ccc2c(c1)OCO2)C1CC1C(=O)NCc1ccco1. The van der Waals surface area contributed by atoms with E-state index in [0.29, 0.717) is 36.8 Å². The van der Waals surface area contributed by atoms with Crippen LogP contribution in [0.3, 0.4) is 0 Å². The standard InChI is InChI=1S/C18H18N2O5/c21-17(19-8-11-3-4-15-16(6-11)25-10-24-15)13-7-14(13)18(22)20-9-12-2-1-5-23-12/h1-6,13-14H,7-10H2,(H,19,21)(H,20,22). The van der Waals surface area contributed by atoms with Crippen molar-refractivity contribution < 1.29 is 23.5 Å². The maximum Gasteiger partial charge on any atom is 0.231 e. The summed E-state index contributed by atoms with van der Waals surface area (Å²) in [5, 5.41) is 5.66. The molecule has 0 spiro atoms. The predicted octanol–water partition coefficient (Wildman–Crippen LogP) is 1.58. The number of hydrogen-bond acceptors (Lipinski definition) is 5. The molecule has 2 atom stereocenters. The van der Waals surface area contributed by atoms with Gasteiger partial charge < -0.3 is 24.5 Å². The molecule has 1 aliphatic heterocycles. The van der Waals surface area contributed by atoms with Crippen molar-refractivity contribution in [3.63, 3.8) is 0 Å². The summed E-state index contributed by atoms with van der Waals surface area (Å²) in [5.74, 6) is 1.37. The number of carbonyl (C=O) groups excluding carboxylic acids is 2. The van der Waals surface area contributed by atoms with Crippen molar-refractivity contribution in [2.45, 2.75) is 19.5 Å². The number of ether oxygens (including phenoxy) is 2. The molecule has 1 fully saturated rings. The molecule has 2 aromatic rings. The summed E-state index contributed by atoms with van der Waals surface area (Å²) in [6.45, 7) is 0.961. The Morgan fingerprint density at radius 2 is 1.76 bits per heavy atom. The minimum Gasteiger partial charge on any atom is -0.467 e. The fourth-order valence-electron chi connectivity index (χ4n) is 2.86. The van der Waals surface area contributed by atoms with Crippen LogP contribution in [0.1, 0.15) is 17.7 Å². The van der Waals surface area contributed by atoms with Crippen LogP contribution < -0.4 is 20.1 Å². The van der Waals surface area contributed by atoms with E-state index in [1.165, 1.54) is 0 Å². The largest absolute Gasteiger partial charge is 0.467 e. The average Bonchev–Trinajstić information content (AvgIpc) is 3.04. The maximum absolute atomic E-state index is 12.2. The van der Waals surface area contributed by atoms with Crippen molar-refractivity contribution in [3.8, 4) is 11.5 Å². The Hall–Kier alpha value is -2.96. The molecule has 1 saturated carbocycles. The van der Waals surface area contributed by atoms with Crippen molar-refractivity contribution in [1.29, 1.82) is 0 Å². The van der Waals surface area contributed by atoms with Crippen LogP contribution in [-0.2, 0) is 22.7 Å². The van der Waals surface area contributed by atoms with Crippen molar-refractivity contribution >= 4 is 11.8 Å². The molecule has 4 rings (SSSR count). The second-order valence-electron chi connectivity index (χ2n) is 6.15. The highest BCUT2D eigenvalue weighted by Gasteiger charge is 2.47. The van der Waals surface area contributed by atoms with Crippen LogP contribution in [0.5, 0.6) is 11.5 Å². The number of nitrogens with one attached hydrogen (secondary N) is 2. The molecule has 2 N–H and O–H groups in total. The lowest BCUT2D eigenvalue weighted by atomic mass is 10.2. The Morgan fingerprint density at radius 3 is 2.52 bits per heavy atom. The summed E-state index contributed by atoms with van der Waals surface area (Å²) in [6, 6.07) is 9.12. The molecule has 0 radical (unpaired) electrons. The predicted molar refractivity (Wildman–Crippen MR) is 86.6 cm³/mol. The van der Waals surface area contributed by atoms with Gasteiger partial charge >= 0.3 is 0 Å². The molecule has 2 amide bonds. The zero-order valence-corrected chi connectivity index (χ0v) is 13.5. The van der Waals surface area contributed by atoms with Gasteiger partial charge in [-0.15, -0.1) is 0 Å². The van der Waals surface area contributed by atoms with Gasteiger partial charge in [0.1, 0.15) is 5.76 Å². The van der Waals surface area contributed by atoms with Gasteiger partial charge in [0.05, 0.1) is 24.6 Å². The molecule has 1 aliphatic carbocycles.